The van der Waals surface area contributed by atoms with E-state index >= 15 is 0 Å². The van der Waals surface area contributed by atoms with Crippen molar-refractivity contribution < 1.29 is 23.8 Å². The molecule has 0 bridgehead atoms. The van der Waals surface area contributed by atoms with Crippen molar-refractivity contribution in [2.45, 2.75) is 19.8 Å². The summed E-state index contributed by atoms with van der Waals surface area (Å²) in [6.45, 7) is 7.10. The van der Waals surface area contributed by atoms with Crippen molar-refractivity contribution in [2.24, 2.45) is 0 Å². The van der Waals surface area contributed by atoms with E-state index in [9.17, 15) is 9.59 Å². The lowest BCUT2D eigenvalue weighted by Crippen LogP contribution is -2.30. The van der Waals surface area contributed by atoms with Crippen LogP contribution in [-0.2, 0) is 14.3 Å². The topological polar surface area (TPSA) is 73.9 Å². The minimum atomic E-state index is -0.601. The average molecular weight is 347 g/mol. The fraction of sp³-hybridized carbons (Fsp3) is 0.368. The van der Waals surface area contributed by atoms with E-state index in [1.165, 1.54) is 6.08 Å². The Bertz CT molecular complexity index is 566. The molecule has 1 amide bonds. The summed E-state index contributed by atoms with van der Waals surface area (Å²) in [5.74, 6) is 0.0504. The second-order valence-electron chi connectivity index (χ2n) is 5.08. The lowest BCUT2D eigenvalue weighted by atomic mass is 10.2. The fourth-order valence-corrected chi connectivity index (χ4v) is 1.76. The second-order valence-corrected chi connectivity index (χ2v) is 5.08. The van der Waals surface area contributed by atoms with Crippen LogP contribution in [0.3, 0.4) is 0 Å². The van der Waals surface area contributed by atoms with Crippen LogP contribution in [0.25, 0.3) is 6.08 Å². The molecule has 0 spiro atoms. The number of benzene rings is 1. The quantitative estimate of drug-likeness (QED) is 0.377. The summed E-state index contributed by atoms with van der Waals surface area (Å²) in [7, 11) is 0. The summed E-state index contributed by atoms with van der Waals surface area (Å²) in [4.78, 5) is 22.7. The van der Waals surface area contributed by atoms with Crippen LogP contribution in [0.1, 0.15) is 25.3 Å². The Hall–Kier alpha value is -2.60. The van der Waals surface area contributed by atoms with Gasteiger partial charge in [0.05, 0.1) is 19.6 Å². The molecule has 1 rings (SSSR count). The molecule has 0 aliphatic heterocycles. The predicted molar refractivity (Wildman–Crippen MR) is 96.4 cm³/mol. The monoisotopic (exact) mass is 347 g/mol. The van der Waals surface area contributed by atoms with Gasteiger partial charge in [-0.15, -0.1) is 6.58 Å². The van der Waals surface area contributed by atoms with E-state index in [1.54, 1.807) is 12.1 Å². The fourth-order valence-electron chi connectivity index (χ4n) is 1.76. The van der Waals surface area contributed by atoms with Crippen molar-refractivity contribution in [3.05, 3.63) is 48.6 Å². The lowest BCUT2D eigenvalue weighted by molar-refractivity contribution is -0.142. The molecule has 6 nitrogen and oxygen atoms in total. The molecular formula is C19H25NO5. The number of hydrogen-bond acceptors (Lipinski definition) is 5. The van der Waals surface area contributed by atoms with Crippen LogP contribution in [0.15, 0.2) is 43.0 Å². The second kappa shape index (κ2) is 12.8. The molecule has 1 aromatic rings. The SMILES string of the molecule is C=CCC(=O)OCCNC(=O)Oc1ccc(/C=C/COCCC)cc1. The Balaban J connectivity index is 2.26. The Morgan fingerprint density at radius 3 is 2.64 bits per heavy atom. The average Bonchev–Trinajstić information content (AvgIpc) is 2.60. The molecular weight excluding hydrogens is 322 g/mol. The maximum atomic E-state index is 11.6. The first kappa shape index (κ1) is 20.4. The zero-order valence-corrected chi connectivity index (χ0v) is 14.5. The molecule has 0 fully saturated rings. The van der Waals surface area contributed by atoms with Gasteiger partial charge in [0.2, 0.25) is 0 Å². The number of hydrogen-bond donors (Lipinski definition) is 1. The maximum absolute atomic E-state index is 11.6. The van der Waals surface area contributed by atoms with Crippen molar-refractivity contribution in [3.8, 4) is 5.75 Å². The summed E-state index contributed by atoms with van der Waals surface area (Å²) in [6, 6.07) is 7.10. The van der Waals surface area contributed by atoms with E-state index in [1.807, 2.05) is 24.3 Å². The van der Waals surface area contributed by atoms with Crippen LogP contribution in [0.5, 0.6) is 5.75 Å². The Kier molecular flexibility index (Phi) is 10.4. The number of nitrogens with one attached hydrogen (secondary N) is 1. The van der Waals surface area contributed by atoms with Gasteiger partial charge >= 0.3 is 12.1 Å². The van der Waals surface area contributed by atoms with E-state index in [-0.39, 0.29) is 25.5 Å². The molecule has 1 N–H and O–H groups in total. The summed E-state index contributed by atoms with van der Waals surface area (Å²) < 4.78 is 15.3. The highest BCUT2D eigenvalue weighted by molar-refractivity contribution is 5.71. The van der Waals surface area contributed by atoms with Gasteiger partial charge in [0.1, 0.15) is 12.4 Å². The first-order valence-electron chi connectivity index (χ1n) is 8.22. The summed E-state index contributed by atoms with van der Waals surface area (Å²) >= 11 is 0. The minimum absolute atomic E-state index is 0.0889. The highest BCUT2D eigenvalue weighted by Crippen LogP contribution is 2.13. The molecule has 6 heteroatoms. The minimum Gasteiger partial charge on any atom is -0.464 e. The molecule has 0 atom stereocenters. The molecule has 0 saturated carbocycles. The Morgan fingerprint density at radius 1 is 1.20 bits per heavy atom. The first-order chi connectivity index (χ1) is 12.2. The predicted octanol–water partition coefficient (Wildman–Crippen LogP) is 3.33. The molecule has 0 unspecified atom stereocenters. The van der Waals surface area contributed by atoms with Gasteiger partial charge in [0.15, 0.2) is 0 Å². The highest BCUT2D eigenvalue weighted by atomic mass is 16.6. The molecule has 0 saturated heterocycles. The zero-order chi connectivity index (χ0) is 18.3. The van der Waals surface area contributed by atoms with Crippen LogP contribution in [0, 0.1) is 0 Å². The number of esters is 1. The number of ether oxygens (including phenoxy) is 3. The molecule has 0 aliphatic rings. The van der Waals surface area contributed by atoms with Gasteiger partial charge in [0, 0.05) is 6.61 Å². The number of carbonyl (C=O) groups excluding carboxylic acids is 2. The summed E-state index contributed by atoms with van der Waals surface area (Å²) in [5, 5.41) is 2.50. The van der Waals surface area contributed by atoms with Crippen molar-refractivity contribution in [2.75, 3.05) is 26.4 Å². The standard InChI is InChI=1S/C19H25NO5/c1-3-6-18(21)24-15-12-20-19(22)25-17-10-8-16(9-11-17)7-5-14-23-13-4-2/h3,5,7-11H,1,4,6,12-15H2,2H3,(H,20,22)/b7-5+. The van der Waals surface area contributed by atoms with Crippen molar-refractivity contribution in [1.29, 1.82) is 0 Å². The lowest BCUT2D eigenvalue weighted by Gasteiger charge is -2.07. The Labute approximate surface area is 148 Å². The number of carbonyl (C=O) groups is 2. The highest BCUT2D eigenvalue weighted by Gasteiger charge is 2.04. The van der Waals surface area contributed by atoms with Gasteiger partial charge in [-0.05, 0) is 24.1 Å². The van der Waals surface area contributed by atoms with Crippen LogP contribution in [0.2, 0.25) is 0 Å². The molecule has 0 aromatic heterocycles. The zero-order valence-electron chi connectivity index (χ0n) is 14.5. The maximum Gasteiger partial charge on any atom is 0.412 e. The largest absolute Gasteiger partial charge is 0.464 e. The van der Waals surface area contributed by atoms with Crippen LogP contribution < -0.4 is 10.1 Å². The molecule has 1 aromatic carbocycles. The third kappa shape index (κ3) is 9.99. The molecule has 25 heavy (non-hydrogen) atoms. The van der Waals surface area contributed by atoms with Gasteiger partial charge < -0.3 is 19.5 Å². The normalized spacial score (nSPS) is 10.4. The van der Waals surface area contributed by atoms with Crippen LogP contribution in [0.4, 0.5) is 4.79 Å². The third-order valence-electron chi connectivity index (χ3n) is 2.91. The number of rotatable bonds is 11. The summed E-state index contributed by atoms with van der Waals surface area (Å²) in [5.41, 5.74) is 0.988. The molecule has 136 valence electrons. The van der Waals surface area contributed by atoms with Gasteiger partial charge in [-0.2, -0.15) is 0 Å². The van der Waals surface area contributed by atoms with E-state index in [0.717, 1.165) is 18.6 Å². The molecule has 0 aliphatic carbocycles. The molecule has 0 radical (unpaired) electrons. The van der Waals surface area contributed by atoms with E-state index in [2.05, 4.69) is 18.8 Å². The van der Waals surface area contributed by atoms with E-state index in [4.69, 9.17) is 14.2 Å². The first-order valence-corrected chi connectivity index (χ1v) is 8.22. The Morgan fingerprint density at radius 2 is 1.96 bits per heavy atom. The molecule has 0 heterocycles. The van der Waals surface area contributed by atoms with Gasteiger partial charge in [0.25, 0.3) is 0 Å². The smallest absolute Gasteiger partial charge is 0.412 e. The van der Waals surface area contributed by atoms with Crippen LogP contribution >= 0.6 is 0 Å². The van der Waals surface area contributed by atoms with Crippen molar-refractivity contribution >= 4 is 18.1 Å². The van der Waals surface area contributed by atoms with Crippen molar-refractivity contribution in [1.82, 2.24) is 5.32 Å². The summed E-state index contributed by atoms with van der Waals surface area (Å²) in [6.07, 6.45) is 5.88. The van der Waals surface area contributed by atoms with Gasteiger partial charge in [-0.1, -0.05) is 37.3 Å². The van der Waals surface area contributed by atoms with Crippen LogP contribution in [-0.4, -0.2) is 38.4 Å². The van der Waals surface area contributed by atoms with E-state index in [0.29, 0.717) is 12.4 Å². The van der Waals surface area contributed by atoms with E-state index < -0.39 is 6.09 Å². The van der Waals surface area contributed by atoms with Crippen molar-refractivity contribution in [3.63, 3.8) is 0 Å². The van der Waals surface area contributed by atoms with Gasteiger partial charge in [-0.3, -0.25) is 4.79 Å². The third-order valence-corrected chi connectivity index (χ3v) is 2.91. The number of amides is 1. The van der Waals surface area contributed by atoms with Gasteiger partial charge in [-0.25, -0.2) is 4.79 Å².